The molecule has 3 heteroatoms. The van der Waals surface area contributed by atoms with E-state index in [1.165, 1.54) is 12.8 Å². The Morgan fingerprint density at radius 1 is 1.40 bits per heavy atom. The smallest absolute Gasteiger partial charge is 0.128 e. The summed E-state index contributed by atoms with van der Waals surface area (Å²) in [5, 5.41) is 3.48. The molecular weight excluding hydrogens is 186 g/mol. The molecule has 0 unspecified atom stereocenters. The fourth-order valence-corrected chi connectivity index (χ4v) is 1.66. The molecule has 1 aliphatic rings. The topological polar surface area (TPSA) is 37.8 Å². The molecule has 1 fully saturated rings. The number of hydrogen-bond acceptors (Lipinski definition) is 3. The maximum Gasteiger partial charge on any atom is 0.128 e. The standard InChI is InChI=1S/C12H19N3/c1-3-4-12-14-9(2)7-11(15-12)8-13-10-5-6-10/h7,10,13H,3-6,8H2,1-2H3. The van der Waals surface area contributed by atoms with Crippen LogP contribution >= 0.6 is 0 Å². The largest absolute Gasteiger partial charge is 0.308 e. The lowest BCUT2D eigenvalue weighted by Crippen LogP contribution is -2.17. The van der Waals surface area contributed by atoms with Crippen LogP contribution < -0.4 is 5.32 Å². The van der Waals surface area contributed by atoms with Crippen LogP contribution in [0.1, 0.15) is 43.4 Å². The Hall–Kier alpha value is -0.960. The van der Waals surface area contributed by atoms with Crippen molar-refractivity contribution in [1.82, 2.24) is 15.3 Å². The lowest BCUT2D eigenvalue weighted by atomic mass is 10.2. The first-order valence-corrected chi connectivity index (χ1v) is 5.84. The van der Waals surface area contributed by atoms with E-state index in [9.17, 15) is 0 Å². The molecule has 1 N–H and O–H groups in total. The van der Waals surface area contributed by atoms with E-state index in [0.29, 0.717) is 0 Å². The number of nitrogens with zero attached hydrogens (tertiary/aromatic N) is 2. The highest BCUT2D eigenvalue weighted by Gasteiger charge is 2.20. The van der Waals surface area contributed by atoms with Gasteiger partial charge in [0.2, 0.25) is 0 Å². The second-order valence-electron chi connectivity index (χ2n) is 4.32. The Balaban J connectivity index is 2.00. The van der Waals surface area contributed by atoms with E-state index >= 15 is 0 Å². The van der Waals surface area contributed by atoms with Gasteiger partial charge in [-0.15, -0.1) is 0 Å². The first-order valence-electron chi connectivity index (χ1n) is 5.84. The Bertz CT molecular complexity index is 332. The number of aromatic nitrogens is 2. The van der Waals surface area contributed by atoms with Gasteiger partial charge in [0.05, 0.1) is 5.69 Å². The van der Waals surface area contributed by atoms with E-state index in [1.54, 1.807) is 0 Å². The molecule has 15 heavy (non-hydrogen) atoms. The minimum atomic E-state index is 0.745. The summed E-state index contributed by atoms with van der Waals surface area (Å²) in [5.74, 6) is 0.991. The molecule has 2 rings (SSSR count). The average Bonchev–Trinajstić information content (AvgIpc) is 2.98. The Labute approximate surface area is 91.3 Å². The van der Waals surface area contributed by atoms with E-state index in [4.69, 9.17) is 0 Å². The van der Waals surface area contributed by atoms with Gasteiger partial charge in [-0.05, 0) is 32.3 Å². The van der Waals surface area contributed by atoms with Crippen molar-refractivity contribution in [2.45, 2.75) is 52.1 Å². The summed E-state index contributed by atoms with van der Waals surface area (Å²) in [6, 6.07) is 2.82. The van der Waals surface area contributed by atoms with Crippen LogP contribution in [0.3, 0.4) is 0 Å². The predicted molar refractivity (Wildman–Crippen MR) is 60.6 cm³/mol. The zero-order chi connectivity index (χ0) is 10.7. The summed E-state index contributed by atoms with van der Waals surface area (Å²) in [5.41, 5.74) is 2.22. The van der Waals surface area contributed by atoms with Crippen molar-refractivity contribution < 1.29 is 0 Å². The van der Waals surface area contributed by atoms with E-state index in [-0.39, 0.29) is 0 Å². The molecule has 0 aliphatic heterocycles. The first-order chi connectivity index (χ1) is 7.28. The lowest BCUT2D eigenvalue weighted by molar-refractivity contribution is 0.663. The Morgan fingerprint density at radius 3 is 2.87 bits per heavy atom. The molecular formula is C12H19N3. The maximum atomic E-state index is 4.55. The Kier molecular flexibility index (Phi) is 3.31. The molecule has 1 aromatic rings. The molecule has 0 atom stereocenters. The van der Waals surface area contributed by atoms with E-state index in [2.05, 4.69) is 28.3 Å². The summed E-state index contributed by atoms with van der Waals surface area (Å²) in [7, 11) is 0. The minimum absolute atomic E-state index is 0.745. The van der Waals surface area contributed by atoms with Crippen LogP contribution in [-0.2, 0) is 13.0 Å². The second kappa shape index (κ2) is 4.71. The van der Waals surface area contributed by atoms with Crippen LogP contribution in [-0.4, -0.2) is 16.0 Å². The SMILES string of the molecule is CCCc1nc(C)cc(CNC2CC2)n1. The lowest BCUT2D eigenvalue weighted by Gasteiger charge is -2.06. The molecule has 0 saturated heterocycles. The zero-order valence-corrected chi connectivity index (χ0v) is 9.58. The van der Waals surface area contributed by atoms with Crippen molar-refractivity contribution in [3.8, 4) is 0 Å². The highest BCUT2D eigenvalue weighted by Crippen LogP contribution is 2.19. The van der Waals surface area contributed by atoms with E-state index in [0.717, 1.165) is 42.6 Å². The van der Waals surface area contributed by atoms with E-state index in [1.807, 2.05) is 6.92 Å². The van der Waals surface area contributed by atoms with Crippen LogP contribution in [0.2, 0.25) is 0 Å². The van der Waals surface area contributed by atoms with Crippen molar-refractivity contribution in [2.24, 2.45) is 0 Å². The first kappa shape index (κ1) is 10.6. The van der Waals surface area contributed by atoms with Gasteiger partial charge in [-0.3, -0.25) is 0 Å². The van der Waals surface area contributed by atoms with Crippen LogP contribution in [0.15, 0.2) is 6.07 Å². The Morgan fingerprint density at radius 2 is 2.20 bits per heavy atom. The molecule has 0 radical (unpaired) electrons. The fourth-order valence-electron chi connectivity index (χ4n) is 1.66. The second-order valence-corrected chi connectivity index (χ2v) is 4.32. The molecule has 0 bridgehead atoms. The minimum Gasteiger partial charge on any atom is -0.308 e. The molecule has 3 nitrogen and oxygen atoms in total. The van der Waals surface area contributed by atoms with Gasteiger partial charge in [0.1, 0.15) is 5.82 Å². The van der Waals surface area contributed by atoms with Gasteiger partial charge in [0.15, 0.2) is 0 Å². The van der Waals surface area contributed by atoms with Crippen molar-refractivity contribution >= 4 is 0 Å². The molecule has 0 amide bonds. The zero-order valence-electron chi connectivity index (χ0n) is 9.58. The average molecular weight is 205 g/mol. The third-order valence-corrected chi connectivity index (χ3v) is 2.58. The van der Waals surface area contributed by atoms with Crippen molar-refractivity contribution in [3.05, 3.63) is 23.3 Å². The van der Waals surface area contributed by atoms with Gasteiger partial charge in [-0.25, -0.2) is 9.97 Å². The van der Waals surface area contributed by atoms with Gasteiger partial charge in [-0.1, -0.05) is 6.92 Å². The van der Waals surface area contributed by atoms with Gasteiger partial charge < -0.3 is 5.32 Å². The molecule has 1 aliphatic carbocycles. The van der Waals surface area contributed by atoms with E-state index < -0.39 is 0 Å². The van der Waals surface area contributed by atoms with Crippen LogP contribution in [0.4, 0.5) is 0 Å². The van der Waals surface area contributed by atoms with Crippen molar-refractivity contribution in [2.75, 3.05) is 0 Å². The molecule has 1 heterocycles. The van der Waals surface area contributed by atoms with Crippen LogP contribution in [0.25, 0.3) is 0 Å². The van der Waals surface area contributed by atoms with Gasteiger partial charge >= 0.3 is 0 Å². The normalized spacial score (nSPS) is 15.6. The predicted octanol–water partition coefficient (Wildman–Crippen LogP) is 1.99. The van der Waals surface area contributed by atoms with Gasteiger partial charge in [0.25, 0.3) is 0 Å². The molecule has 1 saturated carbocycles. The van der Waals surface area contributed by atoms with Gasteiger partial charge in [-0.2, -0.15) is 0 Å². The molecule has 0 spiro atoms. The molecule has 1 aromatic heterocycles. The number of rotatable bonds is 5. The van der Waals surface area contributed by atoms with Crippen molar-refractivity contribution in [1.29, 1.82) is 0 Å². The summed E-state index contributed by atoms with van der Waals surface area (Å²) >= 11 is 0. The monoisotopic (exact) mass is 205 g/mol. The summed E-state index contributed by atoms with van der Waals surface area (Å²) < 4.78 is 0. The third-order valence-electron chi connectivity index (χ3n) is 2.58. The quantitative estimate of drug-likeness (QED) is 0.799. The number of nitrogens with one attached hydrogen (secondary N) is 1. The highest BCUT2D eigenvalue weighted by atomic mass is 15.0. The maximum absolute atomic E-state index is 4.55. The summed E-state index contributed by atoms with van der Waals surface area (Å²) in [6.07, 6.45) is 4.74. The highest BCUT2D eigenvalue weighted by molar-refractivity contribution is 5.10. The number of hydrogen-bond donors (Lipinski definition) is 1. The van der Waals surface area contributed by atoms with Crippen molar-refractivity contribution in [3.63, 3.8) is 0 Å². The summed E-state index contributed by atoms with van der Waals surface area (Å²) in [6.45, 7) is 5.10. The third kappa shape index (κ3) is 3.27. The van der Waals surface area contributed by atoms with Crippen LogP contribution in [0, 0.1) is 6.92 Å². The summed E-state index contributed by atoms with van der Waals surface area (Å²) in [4.78, 5) is 8.98. The van der Waals surface area contributed by atoms with Gasteiger partial charge in [0, 0.05) is 24.7 Å². The number of aryl methyl sites for hydroxylation is 2. The molecule has 0 aromatic carbocycles. The van der Waals surface area contributed by atoms with Crippen LogP contribution in [0.5, 0.6) is 0 Å². The molecule has 82 valence electrons. The fraction of sp³-hybridized carbons (Fsp3) is 0.667.